The van der Waals surface area contributed by atoms with Crippen molar-refractivity contribution in [2.24, 2.45) is 5.73 Å². The van der Waals surface area contributed by atoms with Crippen LogP contribution in [0.1, 0.15) is 57.8 Å². The van der Waals surface area contributed by atoms with Gasteiger partial charge in [-0.3, -0.25) is 38.4 Å². The van der Waals surface area contributed by atoms with E-state index < -0.39 is 179 Å². The number of aliphatic hydroxyl groups is 10. The minimum absolute atomic E-state index is 0.0163. The number of hydrogen-bond acceptors (Lipinski definition) is 20. The van der Waals surface area contributed by atoms with Crippen LogP contribution in [0, 0.1) is 0 Å². The Labute approximate surface area is 355 Å². The van der Waals surface area contributed by atoms with Crippen molar-refractivity contribution in [2.45, 2.75) is 131 Å². The Bertz CT molecular complexity index is 1410. The molecule has 62 heavy (non-hydrogen) atoms. The van der Waals surface area contributed by atoms with Crippen molar-refractivity contribution >= 4 is 47.9 Å². The Morgan fingerprint density at radius 3 is 1.44 bits per heavy atom. The van der Waals surface area contributed by atoms with Crippen LogP contribution >= 0.6 is 0 Å². The fourth-order valence-corrected chi connectivity index (χ4v) is 5.35. The number of unbranched alkanes of at least 4 members (excludes halogenated alkanes) is 1. The van der Waals surface area contributed by atoms with Crippen molar-refractivity contribution in [3.63, 3.8) is 0 Å². The number of methoxy groups -OCH3 is 1. The Morgan fingerprint density at radius 1 is 0.581 bits per heavy atom. The monoisotopic (exact) mass is 901 g/mol. The van der Waals surface area contributed by atoms with Crippen LogP contribution in [0.25, 0.3) is 0 Å². The van der Waals surface area contributed by atoms with E-state index in [4.69, 9.17) is 15.9 Å². The number of carbonyl (C=O) groups is 8. The SMILES string of the molecule is COC(=O)C(N)CCCCNC(=O)C(CCC(=O)NCC(O)C(O)C(O)C(O)CO)NC(=O)C(CCC(=O)O)NC(=O)C(CCC(=O)NCC(O)C(O)C(O)C(O)CO)NC=O. The fraction of sp³-hybridized carbons (Fsp3) is 0.771. The van der Waals surface area contributed by atoms with Gasteiger partial charge in [-0.05, 0) is 38.5 Å². The third-order valence-electron chi connectivity index (χ3n) is 9.23. The summed E-state index contributed by atoms with van der Waals surface area (Å²) in [6, 6.07) is -5.68. The third-order valence-corrected chi connectivity index (χ3v) is 9.23. The topological polar surface area (TPSA) is 467 Å². The zero-order chi connectivity index (χ0) is 47.5. The average molecular weight is 902 g/mol. The van der Waals surface area contributed by atoms with Gasteiger partial charge in [0.25, 0.3) is 0 Å². The van der Waals surface area contributed by atoms with Crippen LogP contribution in [0.2, 0.25) is 0 Å². The number of esters is 1. The van der Waals surface area contributed by atoms with E-state index in [9.17, 15) is 84.3 Å². The van der Waals surface area contributed by atoms with E-state index in [-0.39, 0.29) is 25.8 Å². The number of amides is 6. The summed E-state index contributed by atoms with van der Waals surface area (Å²) < 4.78 is 4.56. The van der Waals surface area contributed by atoms with Gasteiger partial charge in [0.05, 0.1) is 32.5 Å². The molecule has 0 fully saturated rings. The number of carbonyl (C=O) groups excluding carboxylic acids is 7. The van der Waals surface area contributed by atoms with Gasteiger partial charge in [0.2, 0.25) is 35.9 Å². The summed E-state index contributed by atoms with van der Waals surface area (Å²) in [7, 11) is 1.16. The van der Waals surface area contributed by atoms with Crippen molar-refractivity contribution in [3.05, 3.63) is 0 Å². The molecule has 0 bridgehead atoms. The zero-order valence-corrected chi connectivity index (χ0v) is 34.1. The highest BCUT2D eigenvalue weighted by atomic mass is 16.5. The van der Waals surface area contributed by atoms with Crippen molar-refractivity contribution in [2.75, 3.05) is 40.0 Å². The molecule has 27 heteroatoms. The minimum Gasteiger partial charge on any atom is -0.481 e. The zero-order valence-electron chi connectivity index (χ0n) is 34.1. The van der Waals surface area contributed by atoms with E-state index in [1.807, 2.05) is 0 Å². The summed E-state index contributed by atoms with van der Waals surface area (Å²) >= 11 is 0. The largest absolute Gasteiger partial charge is 0.481 e. The second kappa shape index (κ2) is 31.2. The molecule has 19 N–H and O–H groups in total. The number of hydrogen-bond donors (Lipinski definition) is 18. The van der Waals surface area contributed by atoms with Crippen molar-refractivity contribution in [1.82, 2.24) is 31.9 Å². The molecule has 0 saturated heterocycles. The van der Waals surface area contributed by atoms with Crippen LogP contribution < -0.4 is 37.6 Å². The van der Waals surface area contributed by atoms with Crippen molar-refractivity contribution in [3.8, 4) is 0 Å². The van der Waals surface area contributed by atoms with E-state index in [1.54, 1.807) is 0 Å². The molecule has 27 nitrogen and oxygen atoms in total. The third kappa shape index (κ3) is 22.4. The van der Waals surface area contributed by atoms with E-state index in [2.05, 4.69) is 36.6 Å². The minimum atomic E-state index is -2.00. The van der Waals surface area contributed by atoms with Gasteiger partial charge in [-0.15, -0.1) is 0 Å². The van der Waals surface area contributed by atoms with Gasteiger partial charge in [0.1, 0.15) is 60.8 Å². The second-order valence-electron chi connectivity index (χ2n) is 14.1. The van der Waals surface area contributed by atoms with Crippen LogP contribution in [0.5, 0.6) is 0 Å². The lowest BCUT2D eigenvalue weighted by Crippen LogP contribution is -2.56. The van der Waals surface area contributed by atoms with E-state index in [0.717, 1.165) is 7.11 Å². The molecule has 0 aromatic carbocycles. The van der Waals surface area contributed by atoms with Crippen LogP contribution in [-0.2, 0) is 43.1 Å². The van der Waals surface area contributed by atoms with Crippen LogP contribution in [-0.4, -0.2) is 217 Å². The maximum Gasteiger partial charge on any atom is 0.322 e. The summed E-state index contributed by atoms with van der Waals surface area (Å²) in [5, 5.41) is 119. The highest BCUT2D eigenvalue weighted by molar-refractivity contribution is 5.94. The maximum atomic E-state index is 13.6. The van der Waals surface area contributed by atoms with E-state index in [1.165, 1.54) is 0 Å². The van der Waals surface area contributed by atoms with Gasteiger partial charge in [-0.25, -0.2) is 0 Å². The number of nitrogens with one attached hydrogen (secondary N) is 6. The fourth-order valence-electron chi connectivity index (χ4n) is 5.35. The number of carboxylic acids is 1. The predicted molar refractivity (Wildman–Crippen MR) is 207 cm³/mol. The van der Waals surface area contributed by atoms with Crippen molar-refractivity contribution < 1.29 is 99.3 Å². The van der Waals surface area contributed by atoms with Gasteiger partial charge >= 0.3 is 11.9 Å². The first-order valence-electron chi connectivity index (χ1n) is 19.5. The van der Waals surface area contributed by atoms with Crippen LogP contribution in [0.4, 0.5) is 0 Å². The van der Waals surface area contributed by atoms with E-state index in [0.29, 0.717) is 6.42 Å². The smallest absolute Gasteiger partial charge is 0.322 e. The van der Waals surface area contributed by atoms with Gasteiger partial charge < -0.3 is 98.5 Å². The molecule has 0 aliphatic carbocycles. The second-order valence-corrected chi connectivity index (χ2v) is 14.1. The molecule has 0 aliphatic rings. The number of carboxylic acid groups (broad SMARTS) is 1. The molecular formula is C35H63N7O20. The molecule has 12 atom stereocenters. The molecule has 12 unspecified atom stereocenters. The lowest BCUT2D eigenvalue weighted by Gasteiger charge is -2.26. The molecule has 358 valence electrons. The Morgan fingerprint density at radius 2 is 1.00 bits per heavy atom. The molecule has 0 saturated carbocycles. The first-order valence-corrected chi connectivity index (χ1v) is 19.5. The van der Waals surface area contributed by atoms with Gasteiger partial charge in [-0.1, -0.05) is 0 Å². The summed E-state index contributed by atoms with van der Waals surface area (Å²) in [5.74, 6) is -6.80. The molecule has 0 rings (SSSR count). The van der Waals surface area contributed by atoms with E-state index >= 15 is 0 Å². The summed E-state index contributed by atoms with van der Waals surface area (Å²) in [5.41, 5.74) is 5.71. The Balaban J connectivity index is 5.91. The summed E-state index contributed by atoms with van der Waals surface area (Å²) in [6.45, 7) is -3.23. The molecule has 0 radical (unpaired) electrons. The number of aliphatic carboxylic acids is 1. The lowest BCUT2D eigenvalue weighted by molar-refractivity contribution is -0.142. The maximum absolute atomic E-state index is 13.6. The number of rotatable bonds is 34. The first-order chi connectivity index (χ1) is 29.1. The highest BCUT2D eigenvalue weighted by Gasteiger charge is 2.33. The van der Waals surface area contributed by atoms with Gasteiger partial charge in [0, 0.05) is 38.9 Å². The van der Waals surface area contributed by atoms with Gasteiger partial charge in [-0.2, -0.15) is 0 Å². The number of nitrogens with two attached hydrogens (primary N) is 1. The molecule has 0 heterocycles. The predicted octanol–water partition coefficient (Wildman–Crippen LogP) is -9.61. The van der Waals surface area contributed by atoms with Crippen molar-refractivity contribution in [1.29, 1.82) is 0 Å². The number of ether oxygens (including phenoxy) is 1. The quantitative estimate of drug-likeness (QED) is 0.0162. The van der Waals surface area contributed by atoms with Crippen LogP contribution in [0.15, 0.2) is 0 Å². The standard InChI is InChI=1S/C35H63N7O20/c1-62-35(61)17(36)4-2-3-11-37-32(58)19(6-9-26(51)39-13-22(47)29(55)31(57)24(49)15-44)41-34(60)20(7-10-27(52)53)42-33(59)18(40-16-45)5-8-25(50)38-12-21(46)28(54)30(56)23(48)14-43/h16-24,28-31,43-44,46-49,54-57H,2-15,36H2,1H3,(H,37,58)(H,38,50)(H,39,51)(H,40,45)(H,41,60)(H,42,59)(H,52,53). The number of aliphatic hydroxyl groups excluding tert-OH is 10. The molecule has 0 aromatic heterocycles. The molecule has 0 aliphatic heterocycles. The van der Waals surface area contributed by atoms with Crippen LogP contribution in [0.3, 0.4) is 0 Å². The summed E-state index contributed by atoms with van der Waals surface area (Å²) in [4.78, 5) is 99.6. The molecular weight excluding hydrogens is 838 g/mol. The van der Waals surface area contributed by atoms with Gasteiger partial charge in [0.15, 0.2) is 0 Å². The normalized spacial score (nSPS) is 17.1. The highest BCUT2D eigenvalue weighted by Crippen LogP contribution is 2.09. The first kappa shape index (κ1) is 57.3. The Hall–Kier alpha value is -4.68. The molecule has 0 aromatic rings. The average Bonchev–Trinajstić information content (AvgIpc) is 3.25. The molecule has 6 amide bonds. The Kier molecular flexibility index (Phi) is 28.8. The lowest BCUT2D eigenvalue weighted by atomic mass is 10.0. The summed E-state index contributed by atoms with van der Waals surface area (Å²) in [6.07, 6.45) is -17.4. The molecule has 0 spiro atoms.